The number of alkyl halides is 3. The molecule has 0 amide bonds. The normalized spacial score (nSPS) is 27.8. The van der Waals surface area contributed by atoms with Crippen LogP contribution >= 0.6 is 34.8 Å². The predicted molar refractivity (Wildman–Crippen MR) is 68.4 cm³/mol. The van der Waals surface area contributed by atoms with Crippen LogP contribution in [0.5, 0.6) is 0 Å². The van der Waals surface area contributed by atoms with Crippen molar-refractivity contribution >= 4 is 34.8 Å². The van der Waals surface area contributed by atoms with Crippen molar-refractivity contribution in [2.75, 3.05) is 6.54 Å². The fraction of sp³-hybridized carbons (Fsp3) is 1.00. The molecule has 1 saturated carbocycles. The first-order valence-electron chi connectivity index (χ1n) is 5.63. The third-order valence-electron chi connectivity index (χ3n) is 3.00. The molecule has 4 nitrogen and oxygen atoms in total. The van der Waals surface area contributed by atoms with Gasteiger partial charge in [0.25, 0.3) is 0 Å². The maximum Gasteiger partial charge on any atom is 0.233 e. The van der Waals surface area contributed by atoms with E-state index in [2.05, 4.69) is 6.92 Å². The molecule has 0 aromatic heterocycles. The highest BCUT2D eigenvalue weighted by Gasteiger charge is 2.39. The van der Waals surface area contributed by atoms with Gasteiger partial charge in [-0.25, -0.2) is 0 Å². The van der Waals surface area contributed by atoms with Crippen LogP contribution in [0.1, 0.15) is 32.6 Å². The Kier molecular flexibility index (Phi) is 5.77. The number of hydrogen-bond acceptors (Lipinski definition) is 3. The number of ether oxygens (including phenoxy) is 1. The van der Waals surface area contributed by atoms with Crippen LogP contribution < -0.4 is 0 Å². The van der Waals surface area contributed by atoms with Crippen LogP contribution in [-0.4, -0.2) is 27.5 Å². The van der Waals surface area contributed by atoms with Gasteiger partial charge in [-0.05, 0) is 31.6 Å². The van der Waals surface area contributed by atoms with Crippen molar-refractivity contribution < 1.29 is 9.66 Å². The highest BCUT2D eigenvalue weighted by atomic mass is 35.6. The molecule has 17 heavy (non-hydrogen) atoms. The quantitative estimate of drug-likeness (QED) is 0.453. The molecule has 0 bridgehead atoms. The molecule has 7 heteroatoms. The van der Waals surface area contributed by atoms with Gasteiger partial charge in [0, 0.05) is 4.92 Å². The van der Waals surface area contributed by atoms with Crippen LogP contribution in [0.4, 0.5) is 0 Å². The third kappa shape index (κ3) is 5.60. The smallest absolute Gasteiger partial charge is 0.233 e. The number of nitrogens with zero attached hydrogens (tertiary/aromatic N) is 1. The van der Waals surface area contributed by atoms with Crippen molar-refractivity contribution in [2.45, 2.75) is 48.6 Å². The first-order chi connectivity index (χ1) is 7.79. The molecule has 0 N–H and O–H groups in total. The van der Waals surface area contributed by atoms with Crippen molar-refractivity contribution in [2.24, 2.45) is 5.92 Å². The van der Waals surface area contributed by atoms with E-state index in [4.69, 9.17) is 39.5 Å². The summed E-state index contributed by atoms with van der Waals surface area (Å²) in [4.78, 5) is 9.98. The molecule has 0 saturated heterocycles. The second-order valence-corrected chi connectivity index (χ2v) is 6.93. The number of nitro groups is 1. The van der Waals surface area contributed by atoms with Crippen molar-refractivity contribution in [1.82, 2.24) is 0 Å². The average molecular weight is 305 g/mol. The molecule has 0 spiro atoms. The molecule has 100 valence electrons. The molecule has 0 unspecified atom stereocenters. The Bertz CT molecular complexity index is 262. The Labute approximate surface area is 116 Å². The van der Waals surface area contributed by atoms with Crippen LogP contribution in [0.2, 0.25) is 0 Å². The highest BCUT2D eigenvalue weighted by Crippen LogP contribution is 2.35. The van der Waals surface area contributed by atoms with Gasteiger partial charge in [-0.1, -0.05) is 41.7 Å². The Morgan fingerprint density at radius 1 is 1.35 bits per heavy atom. The molecule has 1 atom stereocenters. The SMILES string of the molecule is CC1CCC(O[C@@H](C[N+](=O)[O-])C(Cl)(Cl)Cl)CC1. The van der Waals surface area contributed by atoms with Crippen molar-refractivity contribution in [1.29, 1.82) is 0 Å². The van der Waals surface area contributed by atoms with E-state index < -0.39 is 21.4 Å². The summed E-state index contributed by atoms with van der Waals surface area (Å²) in [5.74, 6) is 0.677. The molecule has 1 fully saturated rings. The van der Waals surface area contributed by atoms with Gasteiger partial charge in [0.15, 0.2) is 6.10 Å². The standard InChI is InChI=1S/C10H16Cl3NO3/c1-7-2-4-8(5-3-7)17-9(6-14(15)16)10(11,12)13/h7-9H,2-6H2,1H3/t7?,8?,9-/m0/s1. The van der Waals surface area contributed by atoms with Crippen molar-refractivity contribution in [3.63, 3.8) is 0 Å². The summed E-state index contributed by atoms with van der Waals surface area (Å²) < 4.78 is 3.82. The minimum absolute atomic E-state index is 0.0354. The van der Waals surface area contributed by atoms with E-state index in [9.17, 15) is 10.1 Å². The largest absolute Gasteiger partial charge is 0.364 e. The van der Waals surface area contributed by atoms with Crippen molar-refractivity contribution in [3.05, 3.63) is 10.1 Å². The molecule has 0 radical (unpaired) electrons. The first kappa shape index (κ1) is 15.3. The van der Waals surface area contributed by atoms with Gasteiger partial charge >= 0.3 is 0 Å². The summed E-state index contributed by atoms with van der Waals surface area (Å²) in [6.45, 7) is 1.70. The summed E-state index contributed by atoms with van der Waals surface area (Å²) in [7, 11) is 0. The maximum absolute atomic E-state index is 10.5. The summed E-state index contributed by atoms with van der Waals surface area (Å²) in [5.41, 5.74) is 0. The van der Waals surface area contributed by atoms with Gasteiger partial charge in [-0.2, -0.15) is 0 Å². The van der Waals surface area contributed by atoms with E-state index >= 15 is 0 Å². The maximum atomic E-state index is 10.5. The van der Waals surface area contributed by atoms with Crippen LogP contribution in [0.3, 0.4) is 0 Å². The lowest BCUT2D eigenvalue weighted by Gasteiger charge is -2.31. The van der Waals surface area contributed by atoms with Crippen molar-refractivity contribution in [3.8, 4) is 0 Å². The third-order valence-corrected chi connectivity index (χ3v) is 3.73. The Hall–Kier alpha value is 0.230. The van der Waals surface area contributed by atoms with Crippen LogP contribution in [0, 0.1) is 16.0 Å². The fourth-order valence-corrected chi connectivity index (χ4v) is 2.32. The summed E-state index contributed by atoms with van der Waals surface area (Å²) in [6, 6.07) is 0. The van der Waals surface area contributed by atoms with Gasteiger partial charge in [0.1, 0.15) is 0 Å². The number of hydrogen-bond donors (Lipinski definition) is 0. The monoisotopic (exact) mass is 303 g/mol. The lowest BCUT2D eigenvalue weighted by molar-refractivity contribution is -0.492. The van der Waals surface area contributed by atoms with E-state index in [1.165, 1.54) is 0 Å². The lowest BCUT2D eigenvalue weighted by Crippen LogP contribution is -2.39. The van der Waals surface area contributed by atoms with Gasteiger partial charge in [-0.3, -0.25) is 10.1 Å². The molecule has 0 heterocycles. The zero-order valence-electron chi connectivity index (χ0n) is 9.57. The zero-order chi connectivity index (χ0) is 13.1. The fourth-order valence-electron chi connectivity index (χ4n) is 1.96. The molecule has 1 aliphatic carbocycles. The van der Waals surface area contributed by atoms with E-state index in [0.29, 0.717) is 5.92 Å². The zero-order valence-corrected chi connectivity index (χ0v) is 11.8. The van der Waals surface area contributed by atoms with E-state index in [1.54, 1.807) is 0 Å². The number of halogens is 3. The molecule has 0 aromatic rings. The van der Waals surface area contributed by atoms with Crippen LogP contribution in [0.15, 0.2) is 0 Å². The highest BCUT2D eigenvalue weighted by molar-refractivity contribution is 6.68. The van der Waals surface area contributed by atoms with Crippen LogP contribution in [0.25, 0.3) is 0 Å². The summed E-state index contributed by atoms with van der Waals surface area (Å²) in [6.07, 6.45) is 2.82. The van der Waals surface area contributed by atoms with Gasteiger partial charge in [-0.15, -0.1) is 0 Å². The topological polar surface area (TPSA) is 52.4 Å². The second-order valence-electron chi connectivity index (χ2n) is 4.56. The van der Waals surface area contributed by atoms with Gasteiger partial charge < -0.3 is 4.74 Å². The second kappa shape index (κ2) is 6.41. The molecular weight excluding hydrogens is 288 g/mol. The van der Waals surface area contributed by atoms with E-state index in [1.807, 2.05) is 0 Å². The molecular formula is C10H16Cl3NO3. The minimum atomic E-state index is -1.75. The molecule has 0 aliphatic heterocycles. The Balaban J connectivity index is 2.51. The molecule has 1 aliphatic rings. The first-order valence-corrected chi connectivity index (χ1v) is 6.76. The van der Waals surface area contributed by atoms with Gasteiger partial charge in [0.05, 0.1) is 6.10 Å². The predicted octanol–water partition coefficient (Wildman–Crippen LogP) is 3.60. The minimum Gasteiger partial charge on any atom is -0.364 e. The van der Waals surface area contributed by atoms with Crippen LogP contribution in [-0.2, 0) is 4.74 Å². The van der Waals surface area contributed by atoms with Gasteiger partial charge in [0.2, 0.25) is 10.3 Å². The number of rotatable bonds is 4. The summed E-state index contributed by atoms with van der Waals surface area (Å²) >= 11 is 17.1. The Morgan fingerprint density at radius 2 is 1.88 bits per heavy atom. The van der Waals surface area contributed by atoms with E-state index in [0.717, 1.165) is 25.7 Å². The Morgan fingerprint density at radius 3 is 2.29 bits per heavy atom. The molecule has 1 rings (SSSR count). The average Bonchev–Trinajstić information content (AvgIpc) is 2.18. The van der Waals surface area contributed by atoms with E-state index in [-0.39, 0.29) is 6.10 Å². The lowest BCUT2D eigenvalue weighted by atomic mass is 9.89. The summed E-state index contributed by atoms with van der Waals surface area (Å²) in [5, 5.41) is 10.5. The molecule has 0 aromatic carbocycles.